The number of rotatable bonds is 4. The van der Waals surface area contributed by atoms with E-state index in [1.165, 1.54) is 23.9 Å². The summed E-state index contributed by atoms with van der Waals surface area (Å²) in [6.07, 6.45) is 1.56. The van der Waals surface area contributed by atoms with Gasteiger partial charge in [0.15, 0.2) is 5.16 Å². The second kappa shape index (κ2) is 6.34. The minimum absolute atomic E-state index is 0.170. The molecule has 2 aromatic rings. The van der Waals surface area contributed by atoms with Crippen LogP contribution in [-0.4, -0.2) is 26.4 Å². The quantitative estimate of drug-likeness (QED) is 0.663. The van der Waals surface area contributed by atoms with Crippen LogP contribution in [0.15, 0.2) is 23.6 Å². The molecule has 0 fully saturated rings. The Morgan fingerprint density at radius 3 is 2.65 bits per heavy atom. The zero-order valence-corrected chi connectivity index (χ0v) is 12.8. The number of carbonyl (C=O) groups is 1. The van der Waals surface area contributed by atoms with Crippen LogP contribution in [0.5, 0.6) is 0 Å². The second-order valence-corrected chi connectivity index (χ2v) is 5.68. The number of nitrogens with zero attached hydrogens (tertiary/aromatic N) is 3. The van der Waals surface area contributed by atoms with Gasteiger partial charge in [0.2, 0.25) is 5.91 Å². The molecule has 1 aromatic heterocycles. The number of aromatic nitrogens is 3. The molecule has 1 heterocycles. The number of nitrogens with one attached hydrogen (secondary N) is 1. The molecule has 9 heteroatoms. The van der Waals surface area contributed by atoms with E-state index in [0.29, 0.717) is 26.6 Å². The van der Waals surface area contributed by atoms with Crippen LogP contribution >= 0.6 is 35.0 Å². The van der Waals surface area contributed by atoms with E-state index in [1.807, 2.05) is 0 Å². The van der Waals surface area contributed by atoms with Gasteiger partial charge in [-0.25, -0.2) is 0 Å². The first-order valence-corrected chi connectivity index (χ1v) is 7.22. The average molecular weight is 332 g/mol. The molecular formula is C11H11Cl2N5OS. The largest absolute Gasteiger partial charge is 0.399 e. The molecule has 0 aliphatic rings. The topological polar surface area (TPSA) is 85.8 Å². The summed E-state index contributed by atoms with van der Waals surface area (Å²) in [5, 5.41) is 11.5. The SMILES string of the molecule is Cn1cnnc1SCC(=O)Nc1c(Cl)cc(N)cc1Cl. The fourth-order valence-corrected chi connectivity index (χ4v) is 2.71. The first-order valence-electron chi connectivity index (χ1n) is 5.48. The molecule has 0 aliphatic heterocycles. The summed E-state index contributed by atoms with van der Waals surface area (Å²) in [6.45, 7) is 0. The Labute approximate surface area is 129 Å². The predicted octanol–water partition coefficient (Wildman–Crippen LogP) is 2.43. The van der Waals surface area contributed by atoms with Gasteiger partial charge in [0.05, 0.1) is 21.5 Å². The van der Waals surface area contributed by atoms with E-state index in [4.69, 9.17) is 28.9 Å². The van der Waals surface area contributed by atoms with Crippen molar-refractivity contribution in [3.8, 4) is 0 Å². The molecule has 1 aromatic carbocycles. The Kier molecular flexibility index (Phi) is 4.74. The van der Waals surface area contributed by atoms with E-state index in [0.717, 1.165) is 0 Å². The van der Waals surface area contributed by atoms with Crippen molar-refractivity contribution in [2.24, 2.45) is 7.05 Å². The molecule has 106 valence electrons. The van der Waals surface area contributed by atoms with E-state index in [9.17, 15) is 4.79 Å². The van der Waals surface area contributed by atoms with Gasteiger partial charge < -0.3 is 15.6 Å². The zero-order chi connectivity index (χ0) is 14.7. The number of aryl methyl sites for hydroxylation is 1. The van der Waals surface area contributed by atoms with Crippen molar-refractivity contribution in [3.05, 3.63) is 28.5 Å². The number of halogens is 2. The predicted molar refractivity (Wildman–Crippen MR) is 81.2 cm³/mol. The van der Waals surface area contributed by atoms with Gasteiger partial charge in [-0.05, 0) is 12.1 Å². The van der Waals surface area contributed by atoms with E-state index >= 15 is 0 Å². The van der Waals surface area contributed by atoms with Crippen LogP contribution in [0.2, 0.25) is 10.0 Å². The third kappa shape index (κ3) is 3.56. The van der Waals surface area contributed by atoms with Gasteiger partial charge in [-0.3, -0.25) is 4.79 Å². The zero-order valence-electron chi connectivity index (χ0n) is 10.4. The molecule has 0 saturated carbocycles. The van der Waals surface area contributed by atoms with E-state index in [-0.39, 0.29) is 11.7 Å². The van der Waals surface area contributed by atoms with Crippen molar-refractivity contribution in [1.29, 1.82) is 0 Å². The summed E-state index contributed by atoms with van der Waals surface area (Å²) < 4.78 is 1.72. The van der Waals surface area contributed by atoms with Gasteiger partial charge in [0.25, 0.3) is 0 Å². The van der Waals surface area contributed by atoms with Gasteiger partial charge in [0, 0.05) is 12.7 Å². The number of benzene rings is 1. The molecule has 20 heavy (non-hydrogen) atoms. The van der Waals surface area contributed by atoms with Crippen molar-refractivity contribution in [2.45, 2.75) is 5.16 Å². The maximum atomic E-state index is 11.9. The summed E-state index contributed by atoms with van der Waals surface area (Å²) in [6, 6.07) is 3.05. The minimum atomic E-state index is -0.244. The van der Waals surface area contributed by atoms with Crippen LogP contribution in [-0.2, 0) is 11.8 Å². The number of nitrogens with two attached hydrogens (primary N) is 1. The maximum Gasteiger partial charge on any atom is 0.234 e. The molecule has 0 bridgehead atoms. The Bertz CT molecular complexity index is 622. The number of anilines is 2. The molecule has 2 rings (SSSR count). The van der Waals surface area contributed by atoms with E-state index in [2.05, 4.69) is 15.5 Å². The van der Waals surface area contributed by atoms with Gasteiger partial charge in [-0.2, -0.15) is 0 Å². The lowest BCUT2D eigenvalue weighted by Gasteiger charge is -2.09. The van der Waals surface area contributed by atoms with Crippen LogP contribution in [0.1, 0.15) is 0 Å². The van der Waals surface area contributed by atoms with Gasteiger partial charge >= 0.3 is 0 Å². The fourth-order valence-electron chi connectivity index (χ4n) is 1.42. The third-order valence-corrected chi connectivity index (χ3v) is 3.96. The summed E-state index contributed by atoms with van der Waals surface area (Å²) in [4.78, 5) is 11.9. The van der Waals surface area contributed by atoms with Crippen molar-refractivity contribution in [1.82, 2.24) is 14.8 Å². The standard InChI is InChI=1S/C11H11Cl2N5OS/c1-18-5-15-17-11(18)20-4-9(19)16-10-7(12)2-6(14)3-8(10)13/h2-3,5H,4,14H2,1H3,(H,16,19). The molecule has 0 atom stereocenters. The van der Waals surface area contributed by atoms with Crippen LogP contribution in [0.25, 0.3) is 0 Å². The Morgan fingerprint density at radius 1 is 1.45 bits per heavy atom. The van der Waals surface area contributed by atoms with Crippen LogP contribution in [0, 0.1) is 0 Å². The van der Waals surface area contributed by atoms with Gasteiger partial charge in [-0.1, -0.05) is 35.0 Å². The fraction of sp³-hybridized carbons (Fsp3) is 0.182. The first-order chi connectivity index (χ1) is 9.47. The van der Waals surface area contributed by atoms with Gasteiger partial charge in [0.1, 0.15) is 6.33 Å². The smallest absolute Gasteiger partial charge is 0.234 e. The number of carbonyl (C=O) groups excluding carboxylic acids is 1. The molecule has 3 N–H and O–H groups in total. The maximum absolute atomic E-state index is 11.9. The number of hydrogen-bond acceptors (Lipinski definition) is 5. The van der Waals surface area contributed by atoms with Crippen LogP contribution in [0.4, 0.5) is 11.4 Å². The number of nitrogen functional groups attached to an aromatic ring is 1. The Hall–Kier alpha value is -1.44. The number of thioether (sulfide) groups is 1. The second-order valence-electron chi connectivity index (χ2n) is 3.92. The van der Waals surface area contributed by atoms with Crippen LogP contribution < -0.4 is 11.1 Å². The molecule has 0 saturated heterocycles. The van der Waals surface area contributed by atoms with E-state index in [1.54, 1.807) is 17.9 Å². The highest BCUT2D eigenvalue weighted by molar-refractivity contribution is 7.99. The summed E-state index contributed by atoms with van der Waals surface area (Å²) in [5.41, 5.74) is 6.38. The lowest BCUT2D eigenvalue weighted by Crippen LogP contribution is -2.15. The summed E-state index contributed by atoms with van der Waals surface area (Å²) in [7, 11) is 1.80. The molecule has 0 spiro atoms. The van der Waals surface area contributed by atoms with Crippen LogP contribution in [0.3, 0.4) is 0 Å². The number of amides is 1. The first kappa shape index (κ1) is 15.0. The summed E-state index contributed by atoms with van der Waals surface area (Å²) in [5.74, 6) is -0.0737. The van der Waals surface area contributed by atoms with Crippen molar-refractivity contribution in [3.63, 3.8) is 0 Å². The van der Waals surface area contributed by atoms with Crippen molar-refractivity contribution < 1.29 is 4.79 Å². The van der Waals surface area contributed by atoms with Crippen molar-refractivity contribution in [2.75, 3.05) is 16.8 Å². The molecule has 1 amide bonds. The molecule has 0 unspecified atom stereocenters. The Morgan fingerprint density at radius 2 is 2.10 bits per heavy atom. The molecule has 0 radical (unpaired) electrons. The lowest BCUT2D eigenvalue weighted by atomic mass is 10.3. The average Bonchev–Trinajstić information content (AvgIpc) is 2.77. The number of hydrogen-bond donors (Lipinski definition) is 2. The van der Waals surface area contributed by atoms with Gasteiger partial charge in [-0.15, -0.1) is 10.2 Å². The molecular weight excluding hydrogens is 321 g/mol. The Balaban J connectivity index is 2.00. The molecule has 6 nitrogen and oxygen atoms in total. The highest BCUT2D eigenvalue weighted by Crippen LogP contribution is 2.32. The lowest BCUT2D eigenvalue weighted by molar-refractivity contribution is -0.113. The van der Waals surface area contributed by atoms with E-state index < -0.39 is 0 Å². The third-order valence-electron chi connectivity index (χ3n) is 2.33. The van der Waals surface area contributed by atoms with Crippen molar-refractivity contribution >= 4 is 52.2 Å². The molecule has 0 aliphatic carbocycles. The highest BCUT2D eigenvalue weighted by atomic mass is 35.5. The highest BCUT2D eigenvalue weighted by Gasteiger charge is 2.12. The monoisotopic (exact) mass is 331 g/mol. The minimum Gasteiger partial charge on any atom is -0.399 e. The summed E-state index contributed by atoms with van der Waals surface area (Å²) >= 11 is 13.2. The normalized spacial score (nSPS) is 10.6.